The molecule has 3 aromatic rings. The van der Waals surface area contributed by atoms with Crippen molar-refractivity contribution < 1.29 is 9.59 Å². The van der Waals surface area contributed by atoms with Gasteiger partial charge in [-0.3, -0.25) is 15.0 Å². The molecule has 8 nitrogen and oxygen atoms in total. The van der Waals surface area contributed by atoms with Gasteiger partial charge in [-0.05, 0) is 55.7 Å². The number of aryl methyl sites for hydroxylation is 1. The summed E-state index contributed by atoms with van der Waals surface area (Å²) in [6.45, 7) is 4.32. The minimum absolute atomic E-state index is 0.0247. The van der Waals surface area contributed by atoms with Crippen LogP contribution in [0.15, 0.2) is 70.4 Å². The zero-order valence-corrected chi connectivity index (χ0v) is 22.0. The first-order chi connectivity index (χ1) is 18.5. The molecule has 192 valence electrons. The van der Waals surface area contributed by atoms with Crippen molar-refractivity contribution in [1.82, 2.24) is 14.5 Å². The Morgan fingerprint density at radius 2 is 1.84 bits per heavy atom. The summed E-state index contributed by atoms with van der Waals surface area (Å²) in [5.74, 6) is -0.461. The normalized spacial score (nSPS) is 18.7. The first-order valence-electron chi connectivity index (χ1n) is 12.9. The summed E-state index contributed by atoms with van der Waals surface area (Å²) < 4.78 is 2.16. The highest BCUT2D eigenvalue weighted by Gasteiger charge is 2.36. The summed E-state index contributed by atoms with van der Waals surface area (Å²) in [5, 5.41) is 16.5. The molecule has 4 heterocycles. The van der Waals surface area contributed by atoms with E-state index >= 15 is 0 Å². The first kappa shape index (κ1) is 24.4. The molecule has 9 heteroatoms. The molecule has 0 saturated carbocycles. The fourth-order valence-electron chi connectivity index (χ4n) is 5.05. The lowest BCUT2D eigenvalue weighted by Gasteiger charge is -2.26. The lowest BCUT2D eigenvalue weighted by molar-refractivity contribution is -0.130. The summed E-state index contributed by atoms with van der Waals surface area (Å²) >= 11 is 1.20. The molecule has 6 rings (SSSR count). The number of carbonyl (C=O) groups is 2. The predicted octanol–water partition coefficient (Wildman–Crippen LogP) is 5.02. The highest BCUT2D eigenvalue weighted by molar-refractivity contribution is 8.27. The fourth-order valence-corrected chi connectivity index (χ4v) is 5.93. The van der Waals surface area contributed by atoms with Gasteiger partial charge < -0.3 is 9.47 Å². The Morgan fingerprint density at radius 1 is 1.08 bits per heavy atom. The van der Waals surface area contributed by atoms with Crippen molar-refractivity contribution in [3.8, 4) is 0 Å². The summed E-state index contributed by atoms with van der Waals surface area (Å²) in [7, 11) is 0. The monoisotopic (exact) mass is 524 g/mol. The van der Waals surface area contributed by atoms with Crippen LogP contribution in [-0.2, 0) is 16.1 Å². The topological polar surface area (TPSA) is 94.1 Å². The van der Waals surface area contributed by atoms with E-state index in [-0.39, 0.29) is 23.7 Å². The SMILES string of the molecule is Cc1ccc(Cn2cc(/C=C3\C(=N)N4N=C(CC(=O)N5CCCCC5)SC4=NC3=O)c3ccccc32)cc1. The number of piperidine rings is 1. The number of benzene rings is 2. The van der Waals surface area contributed by atoms with E-state index in [2.05, 4.69) is 51.9 Å². The third kappa shape index (κ3) is 4.69. The van der Waals surface area contributed by atoms with Crippen LogP contribution in [0.5, 0.6) is 0 Å². The minimum Gasteiger partial charge on any atom is -0.342 e. The van der Waals surface area contributed by atoms with Crippen molar-refractivity contribution in [2.24, 2.45) is 10.1 Å². The zero-order chi connectivity index (χ0) is 26.2. The van der Waals surface area contributed by atoms with Gasteiger partial charge in [-0.1, -0.05) is 48.0 Å². The maximum absolute atomic E-state index is 13.0. The first-order valence-corrected chi connectivity index (χ1v) is 13.7. The van der Waals surface area contributed by atoms with E-state index in [1.165, 1.54) is 27.9 Å². The second kappa shape index (κ2) is 10.1. The molecular weight excluding hydrogens is 496 g/mol. The fraction of sp³-hybridized carbons (Fsp3) is 0.276. The van der Waals surface area contributed by atoms with Gasteiger partial charge in [-0.15, -0.1) is 0 Å². The lowest BCUT2D eigenvalue weighted by Crippen LogP contribution is -2.36. The van der Waals surface area contributed by atoms with E-state index in [1.807, 2.05) is 29.3 Å². The van der Waals surface area contributed by atoms with Crippen molar-refractivity contribution in [2.75, 3.05) is 13.1 Å². The van der Waals surface area contributed by atoms with E-state index < -0.39 is 5.91 Å². The molecule has 0 radical (unpaired) electrons. The van der Waals surface area contributed by atoms with Gasteiger partial charge in [0.25, 0.3) is 5.91 Å². The molecule has 0 aliphatic carbocycles. The molecule has 3 aliphatic heterocycles. The number of nitrogens with one attached hydrogen (secondary N) is 1. The molecule has 0 unspecified atom stereocenters. The molecule has 38 heavy (non-hydrogen) atoms. The summed E-state index contributed by atoms with van der Waals surface area (Å²) in [5.41, 5.74) is 4.47. The molecule has 0 bridgehead atoms. The Kier molecular flexibility index (Phi) is 6.45. The number of likely N-dealkylation sites (tertiary alicyclic amines) is 1. The van der Waals surface area contributed by atoms with Crippen LogP contribution in [0.3, 0.4) is 0 Å². The highest BCUT2D eigenvalue weighted by Crippen LogP contribution is 2.31. The average molecular weight is 525 g/mol. The molecule has 0 atom stereocenters. The maximum atomic E-state index is 13.0. The van der Waals surface area contributed by atoms with Gasteiger partial charge in [0.1, 0.15) is 5.04 Å². The highest BCUT2D eigenvalue weighted by atomic mass is 32.2. The molecule has 2 aromatic carbocycles. The maximum Gasteiger partial charge on any atom is 0.283 e. The van der Waals surface area contributed by atoms with E-state index in [0.717, 1.165) is 48.8 Å². The number of hydrogen-bond acceptors (Lipinski definition) is 5. The van der Waals surface area contributed by atoms with Gasteiger partial charge >= 0.3 is 0 Å². The second-order valence-electron chi connectivity index (χ2n) is 9.85. The Bertz CT molecular complexity index is 1540. The third-order valence-corrected chi connectivity index (χ3v) is 8.01. The number of thioether (sulfide) groups is 1. The van der Waals surface area contributed by atoms with Crippen LogP contribution in [0, 0.1) is 12.3 Å². The number of carbonyl (C=O) groups excluding carboxylic acids is 2. The summed E-state index contributed by atoms with van der Waals surface area (Å²) in [4.78, 5) is 31.8. The van der Waals surface area contributed by atoms with E-state index in [4.69, 9.17) is 5.41 Å². The Balaban J connectivity index is 1.27. The molecule has 1 aromatic heterocycles. The average Bonchev–Trinajstić information content (AvgIpc) is 3.49. The number of rotatable bonds is 5. The van der Waals surface area contributed by atoms with Crippen molar-refractivity contribution in [2.45, 2.75) is 39.2 Å². The number of amidine groups is 2. The quantitative estimate of drug-likeness (QED) is 0.474. The Labute approximate surface area is 225 Å². The van der Waals surface area contributed by atoms with Crippen LogP contribution in [0.4, 0.5) is 0 Å². The molecule has 2 amide bonds. The van der Waals surface area contributed by atoms with Crippen LogP contribution in [0.1, 0.15) is 42.4 Å². The number of aliphatic imine (C=N–C) groups is 1. The molecular formula is C29H28N6O2S. The zero-order valence-electron chi connectivity index (χ0n) is 21.2. The number of nitrogens with zero attached hydrogens (tertiary/aromatic N) is 5. The Hall–Kier alpha value is -3.98. The van der Waals surface area contributed by atoms with Crippen LogP contribution >= 0.6 is 11.8 Å². The predicted molar refractivity (Wildman–Crippen MR) is 152 cm³/mol. The lowest BCUT2D eigenvalue weighted by atomic mass is 10.1. The molecule has 1 fully saturated rings. The number of fused-ring (bicyclic) bond motifs is 2. The van der Waals surface area contributed by atoms with E-state index in [0.29, 0.717) is 16.8 Å². The van der Waals surface area contributed by atoms with Crippen LogP contribution in [0.25, 0.3) is 17.0 Å². The molecule has 3 aliphatic rings. The number of hydrogen-bond donors (Lipinski definition) is 1. The van der Waals surface area contributed by atoms with Crippen molar-refractivity contribution in [3.63, 3.8) is 0 Å². The smallest absolute Gasteiger partial charge is 0.283 e. The standard InChI is InChI=1S/C29H28N6O2S/c1-19-9-11-20(12-10-19)17-34-18-21(22-7-3-4-8-24(22)34)15-23-27(30)35-29(31-28(23)37)38-25(32-35)16-26(36)33-13-5-2-6-14-33/h3-4,7-12,15,18,30H,2,5-6,13-14,16-17H2,1H3/b23-15+,30-27?. The van der Waals surface area contributed by atoms with Gasteiger partial charge in [0, 0.05) is 42.3 Å². The van der Waals surface area contributed by atoms with Crippen molar-refractivity contribution >= 4 is 56.6 Å². The van der Waals surface area contributed by atoms with E-state index in [9.17, 15) is 9.59 Å². The largest absolute Gasteiger partial charge is 0.342 e. The molecule has 1 N–H and O–H groups in total. The van der Waals surface area contributed by atoms with Gasteiger partial charge in [-0.2, -0.15) is 15.1 Å². The molecule has 0 spiro atoms. The molecule has 1 saturated heterocycles. The van der Waals surface area contributed by atoms with Gasteiger partial charge in [-0.25, -0.2) is 0 Å². The second-order valence-corrected chi connectivity index (χ2v) is 10.9. The minimum atomic E-state index is -0.470. The number of aromatic nitrogens is 1. The van der Waals surface area contributed by atoms with Gasteiger partial charge in [0.15, 0.2) is 5.84 Å². The number of para-hydroxylation sites is 1. The van der Waals surface area contributed by atoms with Crippen LogP contribution < -0.4 is 0 Å². The van der Waals surface area contributed by atoms with Gasteiger partial charge in [0.2, 0.25) is 11.1 Å². The van der Waals surface area contributed by atoms with Crippen molar-refractivity contribution in [1.29, 1.82) is 5.41 Å². The summed E-state index contributed by atoms with van der Waals surface area (Å²) in [6, 6.07) is 16.5. The van der Waals surface area contributed by atoms with Crippen LogP contribution in [-0.4, -0.2) is 55.4 Å². The van der Waals surface area contributed by atoms with Gasteiger partial charge in [0.05, 0.1) is 12.0 Å². The van der Waals surface area contributed by atoms with Crippen molar-refractivity contribution in [3.05, 3.63) is 77.0 Å². The number of hydrazone groups is 1. The van der Waals surface area contributed by atoms with Crippen LogP contribution in [0.2, 0.25) is 0 Å². The Morgan fingerprint density at radius 3 is 2.63 bits per heavy atom. The number of amides is 2. The third-order valence-electron chi connectivity index (χ3n) is 7.10. The summed E-state index contributed by atoms with van der Waals surface area (Å²) in [6.07, 6.45) is 7.12. The van der Waals surface area contributed by atoms with E-state index in [1.54, 1.807) is 6.08 Å².